The van der Waals surface area contributed by atoms with Crippen molar-refractivity contribution in [2.45, 2.75) is 13.2 Å². The molecule has 2 rings (SSSR count). The number of carbonyl (C=O) groups is 2. The van der Waals surface area contributed by atoms with Gasteiger partial charge in [-0.15, -0.1) is 0 Å². The Labute approximate surface area is 108 Å². The molecule has 8 heteroatoms. The smallest absolute Gasteiger partial charge is 0.295 e. The Balaban J connectivity index is 0.000000492. The molecule has 1 aromatic rings. The van der Waals surface area contributed by atoms with E-state index in [0.717, 1.165) is 11.5 Å². The number of anilines is 1. The molecule has 1 amide bonds. The Morgan fingerprint density at radius 3 is 2.67 bits per heavy atom. The van der Waals surface area contributed by atoms with E-state index in [-0.39, 0.29) is 5.91 Å². The molecule has 2 heterocycles. The highest BCUT2D eigenvalue weighted by Crippen LogP contribution is 2.26. The van der Waals surface area contributed by atoms with Crippen molar-refractivity contribution in [3.8, 4) is 0 Å². The second-order valence-electron chi connectivity index (χ2n) is 3.28. The van der Waals surface area contributed by atoms with E-state index in [0.29, 0.717) is 17.2 Å². The SMILES string of the molecule is CC1=CC(OC=O)N(c2ncns2)C1=O.COC. The molecule has 0 radical (unpaired) electrons. The third-order valence-corrected chi connectivity index (χ3v) is 2.62. The van der Waals surface area contributed by atoms with Crippen LogP contribution in [0.15, 0.2) is 18.0 Å². The van der Waals surface area contributed by atoms with E-state index in [2.05, 4.69) is 14.1 Å². The second-order valence-corrected chi connectivity index (χ2v) is 4.04. The van der Waals surface area contributed by atoms with Gasteiger partial charge >= 0.3 is 0 Å². The highest BCUT2D eigenvalue weighted by Gasteiger charge is 2.34. The van der Waals surface area contributed by atoms with E-state index in [9.17, 15) is 9.59 Å². The summed E-state index contributed by atoms with van der Waals surface area (Å²) in [5, 5.41) is 0.417. The van der Waals surface area contributed by atoms with Crippen molar-refractivity contribution in [2.75, 3.05) is 19.1 Å². The van der Waals surface area contributed by atoms with Crippen molar-refractivity contribution >= 4 is 29.0 Å². The summed E-state index contributed by atoms with van der Waals surface area (Å²) in [5.74, 6) is -0.224. The van der Waals surface area contributed by atoms with Gasteiger partial charge in [0.15, 0.2) is 0 Å². The lowest BCUT2D eigenvalue weighted by Gasteiger charge is -2.19. The molecule has 1 unspecified atom stereocenters. The standard InChI is InChI=1S/C8H7N3O3S.C2H6O/c1-5-2-6(14-4-12)11(7(5)13)8-9-3-10-15-8;1-3-2/h2-4,6H,1H3;1-2H3. The molecule has 7 nitrogen and oxygen atoms in total. The van der Waals surface area contributed by atoms with Crippen molar-refractivity contribution in [1.82, 2.24) is 9.36 Å². The van der Waals surface area contributed by atoms with Gasteiger partial charge in [0, 0.05) is 31.3 Å². The van der Waals surface area contributed by atoms with Crippen LogP contribution in [0.25, 0.3) is 0 Å². The number of hydrogen-bond acceptors (Lipinski definition) is 7. The van der Waals surface area contributed by atoms with Gasteiger partial charge in [-0.2, -0.15) is 4.37 Å². The quantitative estimate of drug-likeness (QED) is 0.748. The topological polar surface area (TPSA) is 81.6 Å². The van der Waals surface area contributed by atoms with Gasteiger partial charge in [0.2, 0.25) is 11.4 Å². The summed E-state index contributed by atoms with van der Waals surface area (Å²) in [7, 11) is 3.25. The van der Waals surface area contributed by atoms with Crippen LogP contribution in [-0.4, -0.2) is 42.2 Å². The molecule has 1 aliphatic rings. The van der Waals surface area contributed by atoms with Crippen molar-refractivity contribution in [3.63, 3.8) is 0 Å². The lowest BCUT2D eigenvalue weighted by molar-refractivity contribution is -0.132. The van der Waals surface area contributed by atoms with Crippen molar-refractivity contribution in [3.05, 3.63) is 18.0 Å². The second kappa shape index (κ2) is 6.82. The number of methoxy groups -OCH3 is 1. The molecular formula is C10H13N3O4S. The minimum Gasteiger partial charge on any atom is -0.439 e. The highest BCUT2D eigenvalue weighted by molar-refractivity contribution is 7.09. The molecule has 0 bridgehead atoms. The Hall–Kier alpha value is -1.80. The van der Waals surface area contributed by atoms with E-state index in [4.69, 9.17) is 4.74 Å². The largest absolute Gasteiger partial charge is 0.439 e. The fraction of sp³-hybridized carbons (Fsp3) is 0.400. The Morgan fingerprint density at radius 1 is 1.50 bits per heavy atom. The number of rotatable bonds is 3. The molecule has 98 valence electrons. The zero-order valence-corrected chi connectivity index (χ0v) is 11.0. The monoisotopic (exact) mass is 271 g/mol. The molecule has 18 heavy (non-hydrogen) atoms. The number of hydrogen-bond donors (Lipinski definition) is 0. The van der Waals surface area contributed by atoms with Gasteiger partial charge < -0.3 is 9.47 Å². The number of ether oxygens (including phenoxy) is 2. The first-order valence-electron chi connectivity index (χ1n) is 4.93. The third-order valence-electron chi connectivity index (χ3n) is 1.95. The van der Waals surface area contributed by atoms with E-state index in [1.54, 1.807) is 27.2 Å². The predicted octanol–water partition coefficient (Wildman–Crippen LogP) is 0.593. The lowest BCUT2D eigenvalue weighted by atomic mass is 10.3. The van der Waals surface area contributed by atoms with Gasteiger partial charge in [-0.05, 0) is 13.0 Å². The van der Waals surface area contributed by atoms with Crippen LogP contribution in [0.5, 0.6) is 0 Å². The van der Waals surface area contributed by atoms with E-state index in [1.807, 2.05) is 0 Å². The van der Waals surface area contributed by atoms with Gasteiger partial charge in [0.25, 0.3) is 12.4 Å². The van der Waals surface area contributed by atoms with Gasteiger partial charge in [0.05, 0.1) is 0 Å². The fourth-order valence-corrected chi connectivity index (χ4v) is 1.85. The van der Waals surface area contributed by atoms with Gasteiger partial charge in [-0.25, -0.2) is 9.88 Å². The van der Waals surface area contributed by atoms with Crippen LogP contribution in [0, 0.1) is 0 Å². The van der Waals surface area contributed by atoms with E-state index < -0.39 is 6.23 Å². The Morgan fingerprint density at radius 2 is 2.17 bits per heavy atom. The summed E-state index contributed by atoms with van der Waals surface area (Å²) < 4.78 is 12.8. The minimum absolute atomic E-state index is 0.224. The molecule has 0 N–H and O–H groups in total. The molecule has 1 atom stereocenters. The zero-order chi connectivity index (χ0) is 13.5. The summed E-state index contributed by atoms with van der Waals surface area (Å²) in [6.45, 7) is 1.96. The maximum atomic E-state index is 11.7. The Bertz CT molecular complexity index is 432. The lowest BCUT2D eigenvalue weighted by Crippen LogP contribution is -2.35. The Kier molecular flexibility index (Phi) is 5.40. The van der Waals surface area contributed by atoms with Crippen LogP contribution < -0.4 is 4.90 Å². The van der Waals surface area contributed by atoms with Gasteiger partial charge in [0.1, 0.15) is 6.33 Å². The minimum atomic E-state index is -0.706. The first-order valence-corrected chi connectivity index (χ1v) is 5.71. The van der Waals surface area contributed by atoms with Crippen LogP contribution in [-0.2, 0) is 19.1 Å². The fourth-order valence-electron chi connectivity index (χ4n) is 1.29. The van der Waals surface area contributed by atoms with Crippen molar-refractivity contribution < 1.29 is 19.1 Å². The first kappa shape index (κ1) is 14.3. The average molecular weight is 271 g/mol. The summed E-state index contributed by atoms with van der Waals surface area (Å²) in [6.07, 6.45) is 2.21. The summed E-state index contributed by atoms with van der Waals surface area (Å²) >= 11 is 1.07. The highest BCUT2D eigenvalue weighted by atomic mass is 32.1. The third kappa shape index (κ3) is 3.11. The van der Waals surface area contributed by atoms with Crippen LogP contribution in [0.1, 0.15) is 6.92 Å². The van der Waals surface area contributed by atoms with Crippen LogP contribution in [0.3, 0.4) is 0 Å². The molecule has 1 aliphatic heterocycles. The number of aromatic nitrogens is 2. The maximum absolute atomic E-state index is 11.7. The molecule has 0 fully saturated rings. The number of carbonyl (C=O) groups excluding carboxylic acids is 2. The van der Waals surface area contributed by atoms with Crippen LogP contribution >= 0.6 is 11.5 Å². The maximum Gasteiger partial charge on any atom is 0.295 e. The average Bonchev–Trinajstić information content (AvgIpc) is 2.91. The molecule has 1 aromatic heterocycles. The molecule has 0 aromatic carbocycles. The predicted molar refractivity (Wildman–Crippen MR) is 65.0 cm³/mol. The zero-order valence-electron chi connectivity index (χ0n) is 10.2. The van der Waals surface area contributed by atoms with Crippen LogP contribution in [0.4, 0.5) is 5.13 Å². The van der Waals surface area contributed by atoms with E-state index in [1.165, 1.54) is 11.2 Å². The van der Waals surface area contributed by atoms with Crippen molar-refractivity contribution in [2.24, 2.45) is 0 Å². The number of amides is 1. The summed E-state index contributed by atoms with van der Waals surface area (Å²) in [6, 6.07) is 0. The summed E-state index contributed by atoms with van der Waals surface area (Å²) in [4.78, 5) is 27.1. The number of nitrogens with zero attached hydrogens (tertiary/aromatic N) is 3. The first-order chi connectivity index (χ1) is 8.65. The van der Waals surface area contributed by atoms with E-state index >= 15 is 0 Å². The molecular weight excluding hydrogens is 258 g/mol. The molecule has 0 aliphatic carbocycles. The molecule has 0 saturated carbocycles. The normalized spacial score (nSPS) is 17.9. The van der Waals surface area contributed by atoms with Crippen molar-refractivity contribution in [1.29, 1.82) is 0 Å². The van der Waals surface area contributed by atoms with Crippen LogP contribution in [0.2, 0.25) is 0 Å². The summed E-state index contributed by atoms with van der Waals surface area (Å²) in [5.41, 5.74) is 0.525. The van der Waals surface area contributed by atoms with Gasteiger partial charge in [-0.3, -0.25) is 9.59 Å². The molecule has 0 saturated heterocycles. The molecule has 0 spiro atoms. The van der Waals surface area contributed by atoms with Gasteiger partial charge in [-0.1, -0.05) is 0 Å².